The van der Waals surface area contributed by atoms with Crippen LogP contribution < -0.4 is 5.32 Å². The van der Waals surface area contributed by atoms with Crippen LogP contribution in [0.25, 0.3) is 10.9 Å². The summed E-state index contributed by atoms with van der Waals surface area (Å²) >= 11 is 5.92. The number of halogens is 2. The van der Waals surface area contributed by atoms with Crippen molar-refractivity contribution in [3.63, 3.8) is 0 Å². The lowest BCUT2D eigenvalue weighted by Crippen LogP contribution is -2.30. The van der Waals surface area contributed by atoms with Crippen molar-refractivity contribution in [2.24, 2.45) is 0 Å². The third-order valence-corrected chi connectivity index (χ3v) is 4.48. The summed E-state index contributed by atoms with van der Waals surface area (Å²) < 4.78 is 13.7. The second kappa shape index (κ2) is 7.07. The number of H-pyrrole nitrogens is 1. The number of hydrogen-bond acceptors (Lipinski definition) is 2. The zero-order chi connectivity index (χ0) is 18.0. The highest BCUT2D eigenvalue weighted by atomic mass is 35.5. The summed E-state index contributed by atoms with van der Waals surface area (Å²) in [5.74, 6) is -2.01. The van der Waals surface area contributed by atoms with E-state index < -0.39 is 17.5 Å². The number of carbonyl (C=O) groups is 2. The number of Topliss-reactive ketones (excluding diaryl/α,β-unsaturated/α-hetero) is 1. The summed E-state index contributed by atoms with van der Waals surface area (Å²) in [5.41, 5.74) is 2.35. The Morgan fingerprint density at radius 2 is 1.96 bits per heavy atom. The molecule has 0 radical (unpaired) electrons. The molecule has 0 bridgehead atoms. The Morgan fingerprint density at radius 1 is 1.20 bits per heavy atom. The van der Waals surface area contributed by atoms with Crippen molar-refractivity contribution in [1.29, 1.82) is 0 Å². The number of hydrogen-bond donors (Lipinski definition) is 2. The van der Waals surface area contributed by atoms with Crippen LogP contribution in [0.3, 0.4) is 0 Å². The Bertz CT molecular complexity index is 945. The number of benzene rings is 2. The zero-order valence-electron chi connectivity index (χ0n) is 13.5. The Morgan fingerprint density at radius 3 is 2.68 bits per heavy atom. The molecule has 3 rings (SSSR count). The van der Waals surface area contributed by atoms with Gasteiger partial charge in [-0.2, -0.15) is 0 Å². The number of para-hydroxylation sites is 1. The van der Waals surface area contributed by atoms with E-state index in [0.29, 0.717) is 10.9 Å². The van der Waals surface area contributed by atoms with Gasteiger partial charge in [-0.25, -0.2) is 4.39 Å². The Balaban J connectivity index is 1.81. The van der Waals surface area contributed by atoms with Gasteiger partial charge in [0, 0.05) is 34.2 Å². The molecule has 6 heteroatoms. The molecule has 0 aliphatic heterocycles. The fraction of sp³-hybridized carbons (Fsp3) is 0.158. The fourth-order valence-electron chi connectivity index (χ4n) is 2.77. The second-order valence-electron chi connectivity index (χ2n) is 5.61. The van der Waals surface area contributed by atoms with E-state index in [0.717, 1.165) is 17.5 Å². The van der Waals surface area contributed by atoms with Crippen LogP contribution >= 0.6 is 11.6 Å². The molecule has 0 saturated carbocycles. The maximum absolute atomic E-state index is 13.7. The largest absolute Gasteiger partial charge is 0.360 e. The molecule has 0 atom stereocenters. The molecule has 0 unspecified atom stereocenters. The highest BCUT2D eigenvalue weighted by molar-refractivity contribution is 6.45. The first kappa shape index (κ1) is 17.2. The van der Waals surface area contributed by atoms with Crippen LogP contribution in [0.2, 0.25) is 5.02 Å². The van der Waals surface area contributed by atoms with Crippen LogP contribution in [0.1, 0.15) is 28.4 Å². The topological polar surface area (TPSA) is 62.0 Å². The minimum absolute atomic E-state index is 0.150. The van der Waals surface area contributed by atoms with Gasteiger partial charge in [-0.15, -0.1) is 0 Å². The van der Waals surface area contributed by atoms with Crippen LogP contribution in [0.4, 0.5) is 4.39 Å². The first-order valence-electron chi connectivity index (χ1n) is 7.87. The molecule has 0 aliphatic carbocycles. The number of rotatable bonds is 5. The lowest BCUT2D eigenvalue weighted by molar-refractivity contribution is -0.117. The maximum atomic E-state index is 13.7. The number of amides is 1. The lowest BCUT2D eigenvalue weighted by Gasteiger charge is -2.07. The van der Waals surface area contributed by atoms with E-state index >= 15 is 0 Å². The van der Waals surface area contributed by atoms with Gasteiger partial charge in [-0.3, -0.25) is 9.59 Å². The molecule has 4 nitrogen and oxygen atoms in total. The highest BCUT2D eigenvalue weighted by Gasteiger charge is 2.21. The molecule has 3 aromatic rings. The van der Waals surface area contributed by atoms with E-state index in [1.807, 2.05) is 19.1 Å². The summed E-state index contributed by atoms with van der Waals surface area (Å²) in [6.07, 6.45) is 2.34. The first-order chi connectivity index (χ1) is 12.0. The lowest BCUT2D eigenvalue weighted by atomic mass is 10.0. The number of ketones is 1. The van der Waals surface area contributed by atoms with Gasteiger partial charge >= 0.3 is 0 Å². The predicted octanol–water partition coefficient (Wildman–Crippen LogP) is 4.02. The van der Waals surface area contributed by atoms with Crippen molar-refractivity contribution < 1.29 is 14.0 Å². The quantitative estimate of drug-likeness (QED) is 0.534. The predicted molar refractivity (Wildman–Crippen MR) is 95.3 cm³/mol. The third kappa shape index (κ3) is 3.28. The number of aryl methyl sites for hydroxylation is 1. The van der Waals surface area contributed by atoms with Crippen molar-refractivity contribution in [2.45, 2.75) is 19.9 Å². The molecule has 1 amide bonds. The average molecular weight is 359 g/mol. The first-order valence-corrected chi connectivity index (χ1v) is 8.25. The van der Waals surface area contributed by atoms with E-state index in [-0.39, 0.29) is 17.1 Å². The standard InChI is InChI=1S/C19H16ClFN2O2/c1-2-11-5-3-6-12-13(9-22-17(11)12)18(24)19(25)23-10-14-15(20)7-4-8-16(14)21/h3-9,22H,2,10H2,1H3,(H,23,25). The van der Waals surface area contributed by atoms with Gasteiger partial charge in [0.25, 0.3) is 11.7 Å². The van der Waals surface area contributed by atoms with Gasteiger partial charge in [-0.1, -0.05) is 42.8 Å². The van der Waals surface area contributed by atoms with Crippen molar-refractivity contribution >= 4 is 34.2 Å². The Hall–Kier alpha value is -2.66. The summed E-state index contributed by atoms with van der Waals surface area (Å²) in [5, 5.41) is 3.33. The zero-order valence-corrected chi connectivity index (χ0v) is 14.3. The molecule has 0 fully saturated rings. The van der Waals surface area contributed by atoms with E-state index in [1.54, 1.807) is 6.07 Å². The van der Waals surface area contributed by atoms with Gasteiger partial charge in [0.05, 0.1) is 5.56 Å². The molecular weight excluding hydrogens is 343 g/mol. The molecule has 2 aromatic carbocycles. The average Bonchev–Trinajstić information content (AvgIpc) is 3.04. The second-order valence-corrected chi connectivity index (χ2v) is 6.01. The summed E-state index contributed by atoms with van der Waals surface area (Å²) in [7, 11) is 0. The monoisotopic (exact) mass is 358 g/mol. The molecule has 1 aromatic heterocycles. The molecule has 2 N–H and O–H groups in total. The van der Waals surface area contributed by atoms with Crippen molar-refractivity contribution in [3.8, 4) is 0 Å². The molecule has 0 saturated heterocycles. The van der Waals surface area contributed by atoms with Crippen molar-refractivity contribution in [3.05, 3.63) is 70.1 Å². The molecule has 0 aliphatic rings. The van der Waals surface area contributed by atoms with Crippen molar-refractivity contribution in [2.75, 3.05) is 0 Å². The maximum Gasteiger partial charge on any atom is 0.292 e. The van der Waals surface area contributed by atoms with Crippen LogP contribution in [0.5, 0.6) is 0 Å². The van der Waals surface area contributed by atoms with E-state index in [9.17, 15) is 14.0 Å². The molecule has 25 heavy (non-hydrogen) atoms. The van der Waals surface area contributed by atoms with Gasteiger partial charge < -0.3 is 10.3 Å². The fourth-order valence-corrected chi connectivity index (χ4v) is 3.00. The highest BCUT2D eigenvalue weighted by Crippen LogP contribution is 2.23. The molecule has 1 heterocycles. The summed E-state index contributed by atoms with van der Waals surface area (Å²) in [6, 6.07) is 9.86. The van der Waals surface area contributed by atoms with E-state index in [4.69, 9.17) is 11.6 Å². The van der Waals surface area contributed by atoms with Crippen molar-refractivity contribution in [1.82, 2.24) is 10.3 Å². The molecular formula is C19H16ClFN2O2. The number of aromatic amines is 1. The summed E-state index contributed by atoms with van der Waals surface area (Å²) in [6.45, 7) is 1.86. The van der Waals surface area contributed by atoms with Crippen LogP contribution in [0.15, 0.2) is 42.6 Å². The molecule has 128 valence electrons. The summed E-state index contributed by atoms with van der Waals surface area (Å²) in [4.78, 5) is 27.7. The SMILES string of the molecule is CCc1cccc2c(C(=O)C(=O)NCc3c(F)cccc3Cl)c[nH]c12. The Kier molecular flexibility index (Phi) is 4.86. The van der Waals surface area contributed by atoms with E-state index in [1.165, 1.54) is 24.4 Å². The molecule has 0 spiro atoms. The minimum atomic E-state index is -0.804. The Labute approximate surface area is 149 Å². The third-order valence-electron chi connectivity index (χ3n) is 4.12. The number of fused-ring (bicyclic) bond motifs is 1. The van der Waals surface area contributed by atoms with Gasteiger partial charge in [0.1, 0.15) is 5.82 Å². The van der Waals surface area contributed by atoms with Gasteiger partial charge in [-0.05, 0) is 24.1 Å². The minimum Gasteiger partial charge on any atom is -0.360 e. The van der Waals surface area contributed by atoms with Gasteiger partial charge in [0.2, 0.25) is 0 Å². The van der Waals surface area contributed by atoms with Crippen LogP contribution in [0, 0.1) is 5.82 Å². The number of carbonyl (C=O) groups excluding carboxylic acids is 2. The van der Waals surface area contributed by atoms with E-state index in [2.05, 4.69) is 10.3 Å². The number of nitrogens with one attached hydrogen (secondary N) is 2. The smallest absolute Gasteiger partial charge is 0.292 e. The van der Waals surface area contributed by atoms with Gasteiger partial charge in [0.15, 0.2) is 0 Å². The van der Waals surface area contributed by atoms with Crippen LogP contribution in [-0.4, -0.2) is 16.7 Å². The normalized spacial score (nSPS) is 10.8. The van der Waals surface area contributed by atoms with Crippen LogP contribution in [-0.2, 0) is 17.8 Å². The number of aromatic nitrogens is 1.